The van der Waals surface area contributed by atoms with Crippen molar-refractivity contribution in [1.29, 1.82) is 0 Å². The Morgan fingerprint density at radius 2 is 1.69 bits per heavy atom. The summed E-state index contributed by atoms with van der Waals surface area (Å²) in [5.74, 6) is 0.0996. The maximum Gasteiger partial charge on any atom is 0.222 e. The largest absolute Gasteiger partial charge is 0.396 e. The number of nitrogens with zero attached hydrogens (tertiary/aromatic N) is 1. The van der Waals surface area contributed by atoms with E-state index < -0.39 is 0 Å². The Hall–Kier alpha value is -0.650. The van der Waals surface area contributed by atoms with Gasteiger partial charge in [-0.15, -0.1) is 0 Å². The molecule has 0 bridgehead atoms. The first-order valence-electron chi connectivity index (χ1n) is 5.62. The lowest BCUT2D eigenvalue weighted by molar-refractivity contribution is -0.132. The second kappa shape index (κ2) is 10.9. The van der Waals surface area contributed by atoms with Gasteiger partial charge in [0.2, 0.25) is 5.91 Å². The third-order valence-corrected chi connectivity index (χ3v) is 2.28. The normalized spacial score (nSPS) is 10.4. The Labute approximate surface area is 97.3 Å². The average molecular weight is 233 g/mol. The maximum absolute atomic E-state index is 11.8. The van der Waals surface area contributed by atoms with Crippen molar-refractivity contribution in [3.63, 3.8) is 0 Å². The number of hydrogen-bond acceptors (Lipinski definition) is 4. The van der Waals surface area contributed by atoms with E-state index in [9.17, 15) is 4.79 Å². The molecule has 1 N–H and O–H groups in total. The molecule has 0 aliphatic rings. The molecule has 0 radical (unpaired) electrons. The van der Waals surface area contributed by atoms with Crippen molar-refractivity contribution < 1.29 is 19.4 Å². The zero-order valence-corrected chi connectivity index (χ0v) is 10.3. The summed E-state index contributed by atoms with van der Waals surface area (Å²) in [6.45, 7) is 2.41. The molecule has 0 spiro atoms. The van der Waals surface area contributed by atoms with Crippen LogP contribution in [0.5, 0.6) is 0 Å². The minimum absolute atomic E-state index is 0.0996. The summed E-state index contributed by atoms with van der Waals surface area (Å²) in [5, 5.41) is 8.64. The standard InChI is InChI=1S/C11H23NO4/c1-15-9-6-12(7-10-16-2)11(14)5-3-4-8-13/h13H,3-10H2,1-2H3. The molecule has 16 heavy (non-hydrogen) atoms. The fraction of sp³-hybridized carbons (Fsp3) is 0.909. The first-order valence-corrected chi connectivity index (χ1v) is 5.62. The molecule has 0 aromatic carbocycles. The molecule has 0 saturated carbocycles. The molecule has 0 unspecified atom stereocenters. The topological polar surface area (TPSA) is 59.0 Å². The Bertz CT molecular complexity index is 167. The van der Waals surface area contributed by atoms with Gasteiger partial charge in [-0.25, -0.2) is 0 Å². The number of amides is 1. The number of hydrogen-bond donors (Lipinski definition) is 1. The average Bonchev–Trinajstić information content (AvgIpc) is 2.29. The van der Waals surface area contributed by atoms with E-state index in [1.165, 1.54) is 0 Å². The molecule has 5 nitrogen and oxygen atoms in total. The lowest BCUT2D eigenvalue weighted by atomic mass is 10.2. The first-order chi connectivity index (χ1) is 7.76. The number of carbonyl (C=O) groups excluding carboxylic acids is 1. The summed E-state index contributed by atoms with van der Waals surface area (Å²) in [4.78, 5) is 13.5. The Morgan fingerprint density at radius 1 is 1.12 bits per heavy atom. The molecular formula is C11H23NO4. The van der Waals surface area contributed by atoms with Crippen molar-refractivity contribution in [2.45, 2.75) is 19.3 Å². The predicted molar refractivity (Wildman–Crippen MR) is 61.3 cm³/mol. The van der Waals surface area contributed by atoms with Crippen LogP contribution in [0, 0.1) is 0 Å². The highest BCUT2D eigenvalue weighted by Crippen LogP contribution is 2.01. The van der Waals surface area contributed by atoms with E-state index in [0.717, 1.165) is 6.42 Å². The number of aliphatic hydroxyl groups excluding tert-OH is 1. The van der Waals surface area contributed by atoms with E-state index in [1.54, 1.807) is 19.1 Å². The molecule has 0 atom stereocenters. The first kappa shape index (κ1) is 15.3. The van der Waals surface area contributed by atoms with Crippen LogP contribution in [-0.4, -0.2) is 63.0 Å². The van der Waals surface area contributed by atoms with Gasteiger partial charge in [0.15, 0.2) is 0 Å². The van der Waals surface area contributed by atoms with E-state index in [-0.39, 0.29) is 12.5 Å². The third-order valence-electron chi connectivity index (χ3n) is 2.28. The molecule has 0 aromatic rings. The summed E-state index contributed by atoms with van der Waals surface area (Å²) in [7, 11) is 3.23. The van der Waals surface area contributed by atoms with Crippen molar-refractivity contribution in [3.05, 3.63) is 0 Å². The van der Waals surface area contributed by atoms with Crippen LogP contribution in [0.4, 0.5) is 0 Å². The van der Waals surface area contributed by atoms with Crippen molar-refractivity contribution >= 4 is 5.91 Å². The Kier molecular flexibility index (Phi) is 10.4. The number of unbranched alkanes of at least 4 members (excludes halogenated alkanes) is 1. The molecule has 0 aromatic heterocycles. The van der Waals surface area contributed by atoms with Crippen LogP contribution in [0.25, 0.3) is 0 Å². The molecule has 0 aliphatic carbocycles. The minimum Gasteiger partial charge on any atom is -0.396 e. The van der Waals surface area contributed by atoms with Crippen LogP contribution < -0.4 is 0 Å². The molecular weight excluding hydrogens is 210 g/mol. The summed E-state index contributed by atoms with van der Waals surface area (Å²) in [6.07, 6.45) is 1.88. The summed E-state index contributed by atoms with van der Waals surface area (Å²) >= 11 is 0. The smallest absolute Gasteiger partial charge is 0.222 e. The van der Waals surface area contributed by atoms with Gasteiger partial charge < -0.3 is 19.5 Å². The van der Waals surface area contributed by atoms with E-state index in [0.29, 0.717) is 39.1 Å². The van der Waals surface area contributed by atoms with Gasteiger partial charge in [0.05, 0.1) is 13.2 Å². The molecule has 5 heteroatoms. The van der Waals surface area contributed by atoms with Crippen molar-refractivity contribution in [1.82, 2.24) is 4.90 Å². The highest BCUT2D eigenvalue weighted by Gasteiger charge is 2.12. The minimum atomic E-state index is 0.0996. The summed E-state index contributed by atoms with van der Waals surface area (Å²) in [6, 6.07) is 0. The molecule has 1 amide bonds. The summed E-state index contributed by atoms with van der Waals surface area (Å²) < 4.78 is 9.91. The van der Waals surface area contributed by atoms with Gasteiger partial charge in [0.1, 0.15) is 0 Å². The van der Waals surface area contributed by atoms with Gasteiger partial charge in [-0.1, -0.05) is 0 Å². The second-order valence-corrected chi connectivity index (χ2v) is 3.55. The molecule has 96 valence electrons. The van der Waals surface area contributed by atoms with Crippen LogP contribution in [0.15, 0.2) is 0 Å². The fourth-order valence-electron chi connectivity index (χ4n) is 1.31. The fourth-order valence-corrected chi connectivity index (χ4v) is 1.31. The zero-order chi connectivity index (χ0) is 12.2. The molecule has 0 rings (SSSR count). The van der Waals surface area contributed by atoms with Gasteiger partial charge in [-0.05, 0) is 12.8 Å². The van der Waals surface area contributed by atoms with Crippen LogP contribution >= 0.6 is 0 Å². The zero-order valence-electron chi connectivity index (χ0n) is 10.3. The number of rotatable bonds is 10. The van der Waals surface area contributed by atoms with E-state index in [2.05, 4.69) is 0 Å². The van der Waals surface area contributed by atoms with Crippen molar-refractivity contribution in [3.8, 4) is 0 Å². The SMILES string of the molecule is COCCN(CCOC)C(=O)CCCCO. The Morgan fingerprint density at radius 3 is 2.12 bits per heavy atom. The third kappa shape index (κ3) is 7.62. The van der Waals surface area contributed by atoms with Gasteiger partial charge in [0.25, 0.3) is 0 Å². The van der Waals surface area contributed by atoms with Gasteiger partial charge in [-0.2, -0.15) is 0 Å². The van der Waals surface area contributed by atoms with E-state index >= 15 is 0 Å². The number of aliphatic hydroxyl groups is 1. The quantitative estimate of drug-likeness (QED) is 0.550. The van der Waals surface area contributed by atoms with Gasteiger partial charge in [0, 0.05) is 40.3 Å². The van der Waals surface area contributed by atoms with E-state index in [4.69, 9.17) is 14.6 Å². The number of ether oxygens (including phenoxy) is 2. The lowest BCUT2D eigenvalue weighted by Gasteiger charge is -2.22. The Balaban J connectivity index is 3.88. The van der Waals surface area contributed by atoms with Crippen LogP contribution in [0.2, 0.25) is 0 Å². The summed E-state index contributed by atoms with van der Waals surface area (Å²) in [5.41, 5.74) is 0. The van der Waals surface area contributed by atoms with Crippen molar-refractivity contribution in [2.75, 3.05) is 47.1 Å². The van der Waals surface area contributed by atoms with Crippen molar-refractivity contribution in [2.24, 2.45) is 0 Å². The maximum atomic E-state index is 11.8. The molecule has 0 aliphatic heterocycles. The molecule has 0 heterocycles. The van der Waals surface area contributed by atoms with E-state index in [1.807, 2.05) is 0 Å². The van der Waals surface area contributed by atoms with Crippen LogP contribution in [0.1, 0.15) is 19.3 Å². The lowest BCUT2D eigenvalue weighted by Crippen LogP contribution is -2.36. The monoisotopic (exact) mass is 233 g/mol. The van der Waals surface area contributed by atoms with Gasteiger partial charge in [-0.3, -0.25) is 4.79 Å². The number of carbonyl (C=O) groups is 1. The molecule has 0 saturated heterocycles. The van der Waals surface area contributed by atoms with Crippen LogP contribution in [-0.2, 0) is 14.3 Å². The highest BCUT2D eigenvalue weighted by molar-refractivity contribution is 5.76. The predicted octanol–water partition coefficient (Wildman–Crippen LogP) is 0.270. The van der Waals surface area contributed by atoms with Gasteiger partial charge >= 0.3 is 0 Å². The highest BCUT2D eigenvalue weighted by atomic mass is 16.5. The second-order valence-electron chi connectivity index (χ2n) is 3.55. The number of methoxy groups -OCH3 is 2. The molecule has 0 fully saturated rings. The van der Waals surface area contributed by atoms with Crippen LogP contribution in [0.3, 0.4) is 0 Å².